The monoisotopic (exact) mass is 374 g/mol. The van der Waals surface area contributed by atoms with Gasteiger partial charge in [0.05, 0.1) is 6.61 Å². The van der Waals surface area contributed by atoms with Crippen molar-refractivity contribution in [1.29, 1.82) is 0 Å². The molecule has 148 valence electrons. The molecular weight excluding hydrogens is 344 g/mol. The first-order chi connectivity index (χ1) is 13.1. The van der Waals surface area contributed by atoms with E-state index in [0.717, 1.165) is 31.6 Å². The molecule has 7 heteroatoms. The standard InChI is InChI=1S/C20H30N4O3/c1-16-5-3-6-17(13-16)14-23-11-10-22-8-4-9-24(15-18(22)19(23)25)20(26)21-7-12-27-2/h3,5-6,13,18H,4,7-12,14-15H2,1-2H3,(H,21,26). The maximum atomic E-state index is 13.1. The number of urea groups is 1. The summed E-state index contributed by atoms with van der Waals surface area (Å²) in [4.78, 5) is 31.5. The molecule has 0 aromatic heterocycles. The maximum Gasteiger partial charge on any atom is 0.317 e. The number of carbonyl (C=O) groups is 2. The smallest absolute Gasteiger partial charge is 0.317 e. The van der Waals surface area contributed by atoms with Crippen molar-refractivity contribution in [2.75, 3.05) is 53.0 Å². The topological polar surface area (TPSA) is 65.1 Å². The van der Waals surface area contributed by atoms with Gasteiger partial charge in [0.1, 0.15) is 6.04 Å². The molecule has 0 spiro atoms. The number of rotatable bonds is 5. The van der Waals surface area contributed by atoms with Crippen LogP contribution in [-0.4, -0.2) is 85.7 Å². The highest BCUT2D eigenvalue weighted by Gasteiger charge is 2.38. The number of nitrogens with zero attached hydrogens (tertiary/aromatic N) is 3. The lowest BCUT2D eigenvalue weighted by molar-refractivity contribution is -0.142. The Hall–Kier alpha value is -2.12. The lowest BCUT2D eigenvalue weighted by Gasteiger charge is -2.40. The van der Waals surface area contributed by atoms with Crippen LogP contribution >= 0.6 is 0 Å². The molecule has 1 aromatic rings. The molecule has 1 N–H and O–H groups in total. The van der Waals surface area contributed by atoms with Crippen LogP contribution < -0.4 is 5.32 Å². The fraction of sp³-hybridized carbons (Fsp3) is 0.600. The van der Waals surface area contributed by atoms with E-state index >= 15 is 0 Å². The van der Waals surface area contributed by atoms with E-state index in [4.69, 9.17) is 4.74 Å². The fourth-order valence-corrected chi connectivity index (χ4v) is 3.85. The zero-order valence-corrected chi connectivity index (χ0v) is 16.3. The molecule has 7 nitrogen and oxygen atoms in total. The van der Waals surface area contributed by atoms with Crippen LogP contribution in [0.15, 0.2) is 24.3 Å². The molecule has 1 atom stereocenters. The highest BCUT2D eigenvalue weighted by atomic mass is 16.5. The summed E-state index contributed by atoms with van der Waals surface area (Å²) in [6.45, 7) is 7.24. The van der Waals surface area contributed by atoms with Crippen LogP contribution in [-0.2, 0) is 16.1 Å². The number of nitrogens with one attached hydrogen (secondary N) is 1. The highest BCUT2D eigenvalue weighted by Crippen LogP contribution is 2.19. The van der Waals surface area contributed by atoms with Crippen molar-refractivity contribution in [3.05, 3.63) is 35.4 Å². The molecular formula is C20H30N4O3. The predicted molar refractivity (Wildman–Crippen MR) is 103 cm³/mol. The summed E-state index contributed by atoms with van der Waals surface area (Å²) in [6.07, 6.45) is 0.888. The molecule has 2 aliphatic rings. The summed E-state index contributed by atoms with van der Waals surface area (Å²) in [5.74, 6) is 0.124. The van der Waals surface area contributed by atoms with Gasteiger partial charge >= 0.3 is 6.03 Å². The van der Waals surface area contributed by atoms with Crippen LogP contribution in [0.3, 0.4) is 0 Å². The first-order valence-corrected chi connectivity index (χ1v) is 9.68. The van der Waals surface area contributed by atoms with Gasteiger partial charge in [0.2, 0.25) is 5.91 Å². The lowest BCUT2D eigenvalue weighted by atomic mass is 10.1. The van der Waals surface area contributed by atoms with Gasteiger partial charge in [0.25, 0.3) is 0 Å². The molecule has 0 radical (unpaired) electrons. The highest BCUT2D eigenvalue weighted by molar-refractivity contribution is 5.84. The van der Waals surface area contributed by atoms with E-state index in [1.54, 1.807) is 12.0 Å². The largest absolute Gasteiger partial charge is 0.383 e. The van der Waals surface area contributed by atoms with E-state index in [1.165, 1.54) is 5.56 Å². The van der Waals surface area contributed by atoms with Gasteiger partial charge in [-0.1, -0.05) is 29.8 Å². The van der Waals surface area contributed by atoms with Crippen molar-refractivity contribution in [2.45, 2.75) is 25.9 Å². The van der Waals surface area contributed by atoms with E-state index in [-0.39, 0.29) is 18.0 Å². The molecule has 0 aliphatic carbocycles. The summed E-state index contributed by atoms with van der Waals surface area (Å²) in [7, 11) is 1.61. The number of benzene rings is 1. The molecule has 2 heterocycles. The zero-order chi connectivity index (χ0) is 19.2. The molecule has 3 rings (SSSR count). The molecule has 27 heavy (non-hydrogen) atoms. The Bertz CT molecular complexity index is 666. The van der Waals surface area contributed by atoms with E-state index in [1.807, 2.05) is 11.0 Å². The normalized spacial score (nSPS) is 21.0. The van der Waals surface area contributed by atoms with Gasteiger partial charge in [-0.25, -0.2) is 4.79 Å². The van der Waals surface area contributed by atoms with Crippen LogP contribution in [0.2, 0.25) is 0 Å². The van der Waals surface area contributed by atoms with Gasteiger partial charge in [0, 0.05) is 52.9 Å². The Balaban J connectivity index is 1.64. The molecule has 2 aliphatic heterocycles. The number of hydrogen-bond donors (Lipinski definition) is 1. The Labute approximate surface area is 161 Å². The average molecular weight is 374 g/mol. The minimum atomic E-state index is -0.251. The van der Waals surface area contributed by atoms with Gasteiger partial charge in [-0.3, -0.25) is 9.69 Å². The average Bonchev–Trinajstić information content (AvgIpc) is 2.87. The molecule has 1 unspecified atom stereocenters. The summed E-state index contributed by atoms with van der Waals surface area (Å²) >= 11 is 0. The Kier molecular flexibility index (Phi) is 6.68. The molecule has 3 amide bonds. The second-order valence-electron chi connectivity index (χ2n) is 7.32. The summed E-state index contributed by atoms with van der Waals surface area (Å²) in [5, 5.41) is 2.87. The SMILES string of the molecule is COCCNC(=O)N1CCCN2CCN(Cc3cccc(C)c3)C(=O)C2C1. The van der Waals surface area contributed by atoms with Crippen molar-refractivity contribution < 1.29 is 14.3 Å². The Morgan fingerprint density at radius 1 is 1.26 bits per heavy atom. The van der Waals surface area contributed by atoms with E-state index in [9.17, 15) is 9.59 Å². The van der Waals surface area contributed by atoms with Crippen molar-refractivity contribution >= 4 is 11.9 Å². The summed E-state index contributed by atoms with van der Waals surface area (Å²) in [5.41, 5.74) is 2.35. The summed E-state index contributed by atoms with van der Waals surface area (Å²) in [6, 6.07) is 7.92. The Morgan fingerprint density at radius 3 is 2.89 bits per heavy atom. The number of amides is 3. The third kappa shape index (κ3) is 4.99. The van der Waals surface area contributed by atoms with Crippen LogP contribution in [0, 0.1) is 6.92 Å². The van der Waals surface area contributed by atoms with E-state index in [0.29, 0.717) is 32.8 Å². The van der Waals surface area contributed by atoms with E-state index in [2.05, 4.69) is 35.3 Å². The Morgan fingerprint density at radius 2 is 2.11 bits per heavy atom. The van der Waals surface area contributed by atoms with Crippen LogP contribution in [0.5, 0.6) is 0 Å². The van der Waals surface area contributed by atoms with E-state index < -0.39 is 0 Å². The van der Waals surface area contributed by atoms with Crippen LogP contribution in [0.25, 0.3) is 0 Å². The van der Waals surface area contributed by atoms with Crippen molar-refractivity contribution in [3.8, 4) is 0 Å². The molecule has 2 saturated heterocycles. The number of ether oxygens (including phenoxy) is 1. The zero-order valence-electron chi connectivity index (χ0n) is 16.3. The molecule has 0 bridgehead atoms. The molecule has 2 fully saturated rings. The van der Waals surface area contributed by atoms with Gasteiger partial charge < -0.3 is 19.9 Å². The first-order valence-electron chi connectivity index (χ1n) is 9.68. The minimum absolute atomic E-state index is 0.113. The van der Waals surface area contributed by atoms with Gasteiger partial charge in [-0.2, -0.15) is 0 Å². The number of fused-ring (bicyclic) bond motifs is 1. The maximum absolute atomic E-state index is 13.1. The number of hydrogen-bond acceptors (Lipinski definition) is 4. The number of piperazine rings is 1. The van der Waals surface area contributed by atoms with Crippen LogP contribution in [0.1, 0.15) is 17.5 Å². The number of methoxy groups -OCH3 is 1. The molecule has 0 saturated carbocycles. The predicted octanol–water partition coefficient (Wildman–Crippen LogP) is 1.07. The van der Waals surface area contributed by atoms with Gasteiger partial charge in [0.15, 0.2) is 0 Å². The van der Waals surface area contributed by atoms with Crippen molar-refractivity contribution in [3.63, 3.8) is 0 Å². The third-order valence-corrected chi connectivity index (χ3v) is 5.29. The van der Waals surface area contributed by atoms with Gasteiger partial charge in [-0.05, 0) is 18.9 Å². The quantitative estimate of drug-likeness (QED) is 0.783. The first kappa shape index (κ1) is 19.6. The second-order valence-corrected chi connectivity index (χ2v) is 7.32. The van der Waals surface area contributed by atoms with Crippen molar-refractivity contribution in [2.24, 2.45) is 0 Å². The summed E-state index contributed by atoms with van der Waals surface area (Å²) < 4.78 is 4.98. The second kappa shape index (κ2) is 9.19. The minimum Gasteiger partial charge on any atom is -0.383 e. The fourth-order valence-electron chi connectivity index (χ4n) is 3.85. The number of aryl methyl sites for hydroxylation is 1. The lowest BCUT2D eigenvalue weighted by Crippen LogP contribution is -2.59. The van der Waals surface area contributed by atoms with Crippen molar-refractivity contribution in [1.82, 2.24) is 20.0 Å². The molecule has 1 aromatic carbocycles. The number of carbonyl (C=O) groups excluding carboxylic acids is 2. The van der Waals surface area contributed by atoms with Crippen LogP contribution in [0.4, 0.5) is 4.79 Å². The van der Waals surface area contributed by atoms with Gasteiger partial charge in [-0.15, -0.1) is 0 Å². The third-order valence-electron chi connectivity index (χ3n) is 5.29.